The standard InChI is InChI=1S/C8H10Cl2N2/c1-12-8(11)6-3-2-5(9)4-7(6)10/h2-4,8,12H,11H2,1H3. The highest BCUT2D eigenvalue weighted by molar-refractivity contribution is 6.35. The Morgan fingerprint density at radius 3 is 2.58 bits per heavy atom. The average Bonchev–Trinajstić information content (AvgIpc) is 2.03. The van der Waals surface area contributed by atoms with Crippen LogP contribution in [-0.2, 0) is 0 Å². The lowest BCUT2D eigenvalue weighted by atomic mass is 10.2. The van der Waals surface area contributed by atoms with E-state index in [0.717, 1.165) is 5.56 Å². The molecule has 1 atom stereocenters. The fraction of sp³-hybridized carbons (Fsp3) is 0.250. The Balaban J connectivity index is 3.01. The molecule has 3 N–H and O–H groups in total. The van der Waals surface area contributed by atoms with Gasteiger partial charge in [0, 0.05) is 15.6 Å². The topological polar surface area (TPSA) is 38.0 Å². The molecule has 0 aliphatic rings. The van der Waals surface area contributed by atoms with Crippen molar-refractivity contribution in [1.82, 2.24) is 5.32 Å². The van der Waals surface area contributed by atoms with Gasteiger partial charge in [-0.1, -0.05) is 29.3 Å². The number of benzene rings is 1. The summed E-state index contributed by atoms with van der Waals surface area (Å²) >= 11 is 11.6. The number of hydrogen-bond donors (Lipinski definition) is 2. The van der Waals surface area contributed by atoms with E-state index in [9.17, 15) is 0 Å². The van der Waals surface area contributed by atoms with E-state index in [1.165, 1.54) is 0 Å². The lowest BCUT2D eigenvalue weighted by Gasteiger charge is -2.12. The zero-order valence-electron chi connectivity index (χ0n) is 6.64. The first-order chi connectivity index (χ1) is 5.65. The molecule has 0 spiro atoms. The maximum Gasteiger partial charge on any atom is 0.0822 e. The van der Waals surface area contributed by atoms with Crippen LogP contribution in [0.4, 0.5) is 0 Å². The molecule has 0 bridgehead atoms. The molecule has 0 aromatic heterocycles. The van der Waals surface area contributed by atoms with Crippen LogP contribution in [0.15, 0.2) is 18.2 Å². The summed E-state index contributed by atoms with van der Waals surface area (Å²) < 4.78 is 0. The maximum absolute atomic E-state index is 5.90. The number of nitrogens with one attached hydrogen (secondary N) is 1. The summed E-state index contributed by atoms with van der Waals surface area (Å²) in [7, 11) is 1.77. The van der Waals surface area contributed by atoms with E-state index in [4.69, 9.17) is 28.9 Å². The van der Waals surface area contributed by atoms with Crippen molar-refractivity contribution in [1.29, 1.82) is 0 Å². The van der Waals surface area contributed by atoms with Crippen molar-refractivity contribution < 1.29 is 0 Å². The SMILES string of the molecule is CNC(N)c1ccc(Cl)cc1Cl. The van der Waals surface area contributed by atoms with E-state index in [0.29, 0.717) is 10.0 Å². The molecule has 0 aliphatic heterocycles. The van der Waals surface area contributed by atoms with Crippen molar-refractivity contribution in [2.24, 2.45) is 5.73 Å². The lowest BCUT2D eigenvalue weighted by Crippen LogP contribution is -2.25. The molecule has 0 saturated carbocycles. The fourth-order valence-electron chi connectivity index (χ4n) is 0.909. The lowest BCUT2D eigenvalue weighted by molar-refractivity contribution is 0.622. The van der Waals surface area contributed by atoms with Gasteiger partial charge in [-0.25, -0.2) is 0 Å². The molecular weight excluding hydrogens is 195 g/mol. The first kappa shape index (κ1) is 9.81. The van der Waals surface area contributed by atoms with Crippen LogP contribution in [0.5, 0.6) is 0 Å². The predicted molar refractivity (Wildman–Crippen MR) is 52.5 cm³/mol. The van der Waals surface area contributed by atoms with Gasteiger partial charge < -0.3 is 11.1 Å². The molecule has 0 amide bonds. The van der Waals surface area contributed by atoms with E-state index in [-0.39, 0.29) is 6.17 Å². The van der Waals surface area contributed by atoms with Crippen LogP contribution < -0.4 is 11.1 Å². The summed E-state index contributed by atoms with van der Waals surface area (Å²) in [6.45, 7) is 0. The van der Waals surface area contributed by atoms with Gasteiger partial charge in [0.25, 0.3) is 0 Å². The van der Waals surface area contributed by atoms with Crippen LogP contribution >= 0.6 is 23.2 Å². The molecule has 66 valence electrons. The number of nitrogens with two attached hydrogens (primary N) is 1. The van der Waals surface area contributed by atoms with Crippen molar-refractivity contribution in [2.75, 3.05) is 7.05 Å². The third kappa shape index (κ3) is 2.11. The van der Waals surface area contributed by atoms with Crippen molar-refractivity contribution in [3.05, 3.63) is 33.8 Å². The summed E-state index contributed by atoms with van der Waals surface area (Å²) in [5.74, 6) is 0. The fourth-order valence-corrected chi connectivity index (χ4v) is 1.44. The van der Waals surface area contributed by atoms with Gasteiger partial charge >= 0.3 is 0 Å². The molecule has 0 heterocycles. The van der Waals surface area contributed by atoms with Crippen LogP contribution in [0.25, 0.3) is 0 Å². The van der Waals surface area contributed by atoms with Crippen LogP contribution in [0.3, 0.4) is 0 Å². The van der Waals surface area contributed by atoms with Gasteiger partial charge in [0.2, 0.25) is 0 Å². The molecule has 2 nitrogen and oxygen atoms in total. The highest BCUT2D eigenvalue weighted by Crippen LogP contribution is 2.23. The number of rotatable bonds is 2. The third-order valence-electron chi connectivity index (χ3n) is 1.61. The van der Waals surface area contributed by atoms with E-state index in [1.54, 1.807) is 19.2 Å². The first-order valence-corrected chi connectivity index (χ1v) is 4.28. The molecule has 0 aliphatic carbocycles. The monoisotopic (exact) mass is 204 g/mol. The molecule has 1 unspecified atom stereocenters. The van der Waals surface area contributed by atoms with Crippen molar-refractivity contribution in [2.45, 2.75) is 6.17 Å². The quantitative estimate of drug-likeness (QED) is 0.726. The zero-order valence-corrected chi connectivity index (χ0v) is 8.15. The van der Waals surface area contributed by atoms with E-state index < -0.39 is 0 Å². The van der Waals surface area contributed by atoms with Crippen LogP contribution in [0, 0.1) is 0 Å². The first-order valence-electron chi connectivity index (χ1n) is 3.53. The summed E-state index contributed by atoms with van der Waals surface area (Å²) in [5, 5.41) is 4.10. The minimum atomic E-state index is -0.241. The van der Waals surface area contributed by atoms with Gasteiger partial charge in [0.1, 0.15) is 0 Å². The average molecular weight is 205 g/mol. The number of hydrogen-bond acceptors (Lipinski definition) is 2. The van der Waals surface area contributed by atoms with Crippen LogP contribution in [-0.4, -0.2) is 7.05 Å². The third-order valence-corrected chi connectivity index (χ3v) is 2.17. The van der Waals surface area contributed by atoms with E-state index in [1.807, 2.05) is 6.07 Å². The van der Waals surface area contributed by atoms with Crippen LogP contribution in [0.1, 0.15) is 11.7 Å². The summed E-state index contributed by atoms with van der Waals surface area (Å²) in [4.78, 5) is 0. The van der Waals surface area contributed by atoms with Crippen molar-refractivity contribution >= 4 is 23.2 Å². The largest absolute Gasteiger partial charge is 0.312 e. The molecule has 1 rings (SSSR count). The molecular formula is C8H10Cl2N2. The highest BCUT2D eigenvalue weighted by atomic mass is 35.5. The highest BCUT2D eigenvalue weighted by Gasteiger charge is 2.07. The molecule has 12 heavy (non-hydrogen) atoms. The molecule has 1 aromatic rings. The Morgan fingerprint density at radius 2 is 2.08 bits per heavy atom. The van der Waals surface area contributed by atoms with E-state index in [2.05, 4.69) is 5.32 Å². The van der Waals surface area contributed by atoms with Crippen molar-refractivity contribution in [3.8, 4) is 0 Å². The van der Waals surface area contributed by atoms with Gasteiger partial charge in [-0.3, -0.25) is 0 Å². The minimum absolute atomic E-state index is 0.241. The minimum Gasteiger partial charge on any atom is -0.312 e. The Bertz CT molecular complexity index is 276. The van der Waals surface area contributed by atoms with E-state index >= 15 is 0 Å². The van der Waals surface area contributed by atoms with Gasteiger partial charge in [-0.15, -0.1) is 0 Å². The van der Waals surface area contributed by atoms with Gasteiger partial charge in [0.05, 0.1) is 6.17 Å². The predicted octanol–water partition coefficient (Wildman–Crippen LogP) is 2.17. The van der Waals surface area contributed by atoms with Gasteiger partial charge in [-0.2, -0.15) is 0 Å². The Morgan fingerprint density at radius 1 is 1.42 bits per heavy atom. The maximum atomic E-state index is 5.90. The second-order valence-electron chi connectivity index (χ2n) is 2.43. The normalized spacial score (nSPS) is 13.0. The van der Waals surface area contributed by atoms with Gasteiger partial charge in [0.15, 0.2) is 0 Å². The molecule has 4 heteroatoms. The molecule has 0 radical (unpaired) electrons. The second kappa shape index (κ2) is 4.10. The summed E-state index contributed by atoms with van der Waals surface area (Å²) in [6.07, 6.45) is -0.241. The zero-order chi connectivity index (χ0) is 9.14. The Kier molecular flexibility index (Phi) is 3.35. The Hall–Kier alpha value is -0.280. The molecule has 0 saturated heterocycles. The summed E-state index contributed by atoms with van der Waals surface area (Å²) in [6, 6.07) is 5.25. The number of halogens is 2. The molecule has 1 aromatic carbocycles. The second-order valence-corrected chi connectivity index (χ2v) is 3.28. The van der Waals surface area contributed by atoms with Crippen molar-refractivity contribution in [3.63, 3.8) is 0 Å². The Labute approximate surface area is 81.7 Å². The van der Waals surface area contributed by atoms with Crippen LogP contribution in [0.2, 0.25) is 10.0 Å². The smallest absolute Gasteiger partial charge is 0.0822 e. The van der Waals surface area contributed by atoms with Gasteiger partial charge in [-0.05, 0) is 19.2 Å². The summed E-state index contributed by atoms with van der Waals surface area (Å²) in [5.41, 5.74) is 6.56. The molecule has 0 fully saturated rings.